The van der Waals surface area contributed by atoms with Crippen molar-refractivity contribution in [2.45, 2.75) is 18.9 Å². The van der Waals surface area contributed by atoms with E-state index in [4.69, 9.17) is 0 Å². The summed E-state index contributed by atoms with van der Waals surface area (Å²) in [7, 11) is 3.87. The highest BCUT2D eigenvalue weighted by molar-refractivity contribution is 6.00. The lowest BCUT2D eigenvalue weighted by atomic mass is 10.1. The second-order valence-corrected chi connectivity index (χ2v) is 5.92. The number of nitrogens with one attached hydrogen (secondary N) is 1. The molecule has 0 aliphatic heterocycles. The van der Waals surface area contributed by atoms with Crippen molar-refractivity contribution in [1.29, 1.82) is 0 Å². The summed E-state index contributed by atoms with van der Waals surface area (Å²) in [5, 5.41) is 7.37. The zero-order chi connectivity index (χ0) is 15.3. The van der Waals surface area contributed by atoms with Gasteiger partial charge in [0.2, 0.25) is 0 Å². The zero-order valence-corrected chi connectivity index (χ0v) is 12.6. The van der Waals surface area contributed by atoms with E-state index in [0.717, 1.165) is 24.3 Å². The molecule has 0 spiro atoms. The zero-order valence-electron chi connectivity index (χ0n) is 12.6. The molecule has 1 saturated carbocycles. The Kier molecular flexibility index (Phi) is 2.82. The average Bonchev–Trinajstić information content (AvgIpc) is 2.93. The van der Waals surface area contributed by atoms with Crippen LogP contribution >= 0.6 is 0 Å². The van der Waals surface area contributed by atoms with E-state index >= 15 is 0 Å². The number of aryl methyl sites for hydroxylation is 2. The van der Waals surface area contributed by atoms with Gasteiger partial charge in [0, 0.05) is 38.9 Å². The third-order valence-electron chi connectivity index (χ3n) is 4.30. The van der Waals surface area contributed by atoms with Crippen molar-refractivity contribution in [2.75, 3.05) is 0 Å². The Labute approximate surface area is 127 Å². The first kappa shape index (κ1) is 13.1. The number of hydrogen-bond donors (Lipinski definition) is 1. The summed E-state index contributed by atoms with van der Waals surface area (Å²) >= 11 is 0. The van der Waals surface area contributed by atoms with Crippen molar-refractivity contribution < 1.29 is 4.79 Å². The molecule has 0 radical (unpaired) electrons. The van der Waals surface area contributed by atoms with E-state index in [9.17, 15) is 4.79 Å². The van der Waals surface area contributed by atoms with Crippen molar-refractivity contribution in [2.24, 2.45) is 20.0 Å². The Morgan fingerprint density at radius 3 is 2.77 bits per heavy atom. The van der Waals surface area contributed by atoms with Gasteiger partial charge < -0.3 is 14.5 Å². The molecule has 7 heteroatoms. The molecule has 114 valence electrons. The second-order valence-electron chi connectivity index (χ2n) is 5.92. The van der Waals surface area contributed by atoms with Crippen LogP contribution in [0.25, 0.3) is 5.65 Å². The van der Waals surface area contributed by atoms with Crippen molar-refractivity contribution in [3.8, 4) is 0 Å². The molecule has 22 heavy (non-hydrogen) atoms. The van der Waals surface area contributed by atoms with Gasteiger partial charge in [0.15, 0.2) is 0 Å². The molecule has 0 bridgehead atoms. The van der Waals surface area contributed by atoms with Crippen molar-refractivity contribution in [3.63, 3.8) is 0 Å². The fraction of sp³-hybridized carbons (Fsp3) is 0.400. The molecule has 1 aliphatic carbocycles. The summed E-state index contributed by atoms with van der Waals surface area (Å²) < 4.78 is 5.58. The molecule has 1 amide bonds. The SMILES string of the molecule is Cn1ccnc1C(NC(=O)c1cnn2ccn(C)c12)C1CC1. The number of nitrogens with zero attached hydrogens (tertiary/aromatic N) is 5. The van der Waals surface area contributed by atoms with Crippen LogP contribution in [0.2, 0.25) is 0 Å². The number of fused-ring (bicyclic) bond motifs is 1. The lowest BCUT2D eigenvalue weighted by molar-refractivity contribution is 0.0930. The monoisotopic (exact) mass is 298 g/mol. The number of carbonyl (C=O) groups is 1. The largest absolute Gasteiger partial charge is 0.342 e. The quantitative estimate of drug-likeness (QED) is 0.789. The van der Waals surface area contributed by atoms with Crippen molar-refractivity contribution in [1.82, 2.24) is 29.0 Å². The second kappa shape index (κ2) is 4.72. The van der Waals surface area contributed by atoms with Gasteiger partial charge in [0.05, 0.1) is 12.2 Å². The molecule has 1 aliphatic rings. The summed E-state index contributed by atoms with van der Waals surface area (Å²) in [6.45, 7) is 0. The molecular formula is C15H18N6O. The number of hydrogen-bond acceptors (Lipinski definition) is 3. The van der Waals surface area contributed by atoms with Crippen LogP contribution in [0.1, 0.15) is 35.1 Å². The maximum Gasteiger partial charge on any atom is 0.257 e. The number of aromatic nitrogens is 5. The lowest BCUT2D eigenvalue weighted by Crippen LogP contribution is -2.31. The first-order chi connectivity index (χ1) is 10.6. The molecule has 0 saturated heterocycles. The Hall–Kier alpha value is -2.57. The first-order valence-electron chi connectivity index (χ1n) is 7.42. The van der Waals surface area contributed by atoms with E-state index < -0.39 is 0 Å². The standard InChI is InChI=1S/C15H18N6O/c1-19-6-5-16-13(19)12(10-3-4-10)18-14(22)11-9-17-21-8-7-20(2)15(11)21/h5-10,12H,3-4H2,1-2H3,(H,18,22). The van der Waals surface area contributed by atoms with E-state index in [1.54, 1.807) is 16.9 Å². The minimum atomic E-state index is -0.100. The Bertz CT molecular complexity index is 837. The lowest BCUT2D eigenvalue weighted by Gasteiger charge is -2.17. The smallest absolute Gasteiger partial charge is 0.257 e. The van der Waals surface area contributed by atoms with Crippen LogP contribution in [0.5, 0.6) is 0 Å². The van der Waals surface area contributed by atoms with E-state index in [2.05, 4.69) is 15.4 Å². The summed E-state index contributed by atoms with van der Waals surface area (Å²) in [4.78, 5) is 17.1. The van der Waals surface area contributed by atoms with Gasteiger partial charge in [0.1, 0.15) is 17.0 Å². The van der Waals surface area contributed by atoms with Crippen LogP contribution in [-0.4, -0.2) is 29.6 Å². The Balaban J connectivity index is 1.65. The number of imidazole rings is 2. The van der Waals surface area contributed by atoms with E-state index in [-0.39, 0.29) is 11.9 Å². The van der Waals surface area contributed by atoms with Gasteiger partial charge in [-0.2, -0.15) is 5.10 Å². The average molecular weight is 298 g/mol. The first-order valence-corrected chi connectivity index (χ1v) is 7.42. The summed E-state index contributed by atoms with van der Waals surface area (Å²) in [5.41, 5.74) is 1.39. The molecule has 1 unspecified atom stereocenters. The summed E-state index contributed by atoms with van der Waals surface area (Å²) in [6, 6.07) is -0.0391. The maximum atomic E-state index is 12.7. The van der Waals surface area contributed by atoms with E-state index in [1.165, 1.54) is 0 Å². The topological polar surface area (TPSA) is 69.2 Å². The fourth-order valence-electron chi connectivity index (χ4n) is 2.93. The fourth-order valence-corrected chi connectivity index (χ4v) is 2.93. The normalized spacial score (nSPS) is 16.1. The third-order valence-corrected chi connectivity index (χ3v) is 4.30. The predicted octanol–water partition coefficient (Wildman–Crippen LogP) is 1.29. The third kappa shape index (κ3) is 2.01. The van der Waals surface area contributed by atoms with Crippen LogP contribution < -0.4 is 5.32 Å². The van der Waals surface area contributed by atoms with Gasteiger partial charge in [-0.3, -0.25) is 4.79 Å². The van der Waals surface area contributed by atoms with E-state index in [0.29, 0.717) is 11.5 Å². The number of amides is 1. The molecule has 1 atom stereocenters. The van der Waals surface area contributed by atoms with Crippen LogP contribution in [-0.2, 0) is 14.1 Å². The van der Waals surface area contributed by atoms with E-state index in [1.807, 2.05) is 41.8 Å². The highest BCUT2D eigenvalue weighted by Gasteiger charge is 2.36. The Morgan fingerprint density at radius 1 is 1.27 bits per heavy atom. The van der Waals surface area contributed by atoms with Crippen LogP contribution in [0, 0.1) is 5.92 Å². The molecule has 4 rings (SSSR count). The molecule has 1 fully saturated rings. The van der Waals surface area contributed by atoms with Gasteiger partial charge in [-0.05, 0) is 18.8 Å². The highest BCUT2D eigenvalue weighted by atomic mass is 16.1. The summed E-state index contributed by atoms with van der Waals surface area (Å²) in [6.07, 6.45) is 11.3. The molecule has 3 heterocycles. The minimum Gasteiger partial charge on any atom is -0.342 e. The van der Waals surface area contributed by atoms with Gasteiger partial charge in [-0.1, -0.05) is 0 Å². The molecule has 7 nitrogen and oxygen atoms in total. The van der Waals surface area contributed by atoms with Gasteiger partial charge in [-0.25, -0.2) is 9.50 Å². The molecule has 3 aromatic rings. The molecule has 3 aromatic heterocycles. The minimum absolute atomic E-state index is 0.0391. The van der Waals surface area contributed by atoms with Crippen LogP contribution in [0.4, 0.5) is 0 Å². The highest BCUT2D eigenvalue weighted by Crippen LogP contribution is 2.40. The van der Waals surface area contributed by atoms with Crippen molar-refractivity contribution >= 4 is 11.6 Å². The predicted molar refractivity (Wildman–Crippen MR) is 80.3 cm³/mol. The van der Waals surface area contributed by atoms with Crippen molar-refractivity contribution in [3.05, 3.63) is 42.4 Å². The maximum absolute atomic E-state index is 12.7. The van der Waals surface area contributed by atoms with Crippen LogP contribution in [0.3, 0.4) is 0 Å². The number of carbonyl (C=O) groups excluding carboxylic acids is 1. The van der Waals surface area contributed by atoms with Crippen LogP contribution in [0.15, 0.2) is 31.0 Å². The number of rotatable bonds is 4. The molecule has 0 aromatic carbocycles. The molecule has 1 N–H and O–H groups in total. The summed E-state index contributed by atoms with van der Waals surface area (Å²) in [5.74, 6) is 1.28. The van der Waals surface area contributed by atoms with Gasteiger partial charge in [0.25, 0.3) is 5.91 Å². The van der Waals surface area contributed by atoms with Gasteiger partial charge in [-0.15, -0.1) is 0 Å². The molecular weight excluding hydrogens is 280 g/mol. The van der Waals surface area contributed by atoms with Gasteiger partial charge >= 0.3 is 0 Å². The Morgan fingerprint density at radius 2 is 2.09 bits per heavy atom.